The molecule has 1 aliphatic rings. The molecule has 0 spiro atoms. The molecule has 8 nitrogen and oxygen atoms in total. The Labute approximate surface area is 184 Å². The third kappa shape index (κ3) is 9.67. The highest BCUT2D eigenvalue weighted by Crippen LogP contribution is 2.23. The molecule has 8 heteroatoms. The molecule has 0 radical (unpaired) electrons. The Morgan fingerprint density at radius 3 is 2.32 bits per heavy atom. The number of amides is 1. The van der Waals surface area contributed by atoms with E-state index in [0.29, 0.717) is 39.5 Å². The van der Waals surface area contributed by atoms with Gasteiger partial charge in [-0.2, -0.15) is 0 Å². The van der Waals surface area contributed by atoms with E-state index in [9.17, 15) is 14.7 Å². The molecule has 0 unspecified atom stereocenters. The van der Waals surface area contributed by atoms with Crippen molar-refractivity contribution in [2.75, 3.05) is 33.0 Å². The van der Waals surface area contributed by atoms with Crippen LogP contribution in [0.5, 0.6) is 0 Å². The second-order valence-electron chi connectivity index (χ2n) is 8.57. The van der Waals surface area contributed by atoms with E-state index in [2.05, 4.69) is 0 Å². The van der Waals surface area contributed by atoms with Crippen LogP contribution in [0.15, 0.2) is 30.3 Å². The highest BCUT2D eigenvalue weighted by molar-refractivity contribution is 5.81. The number of hydrogen-bond donors (Lipinski definition) is 1. The van der Waals surface area contributed by atoms with Gasteiger partial charge in [0, 0.05) is 32.8 Å². The number of nitrogens with zero attached hydrogens (tertiary/aromatic N) is 1. The van der Waals surface area contributed by atoms with Crippen molar-refractivity contribution in [1.82, 2.24) is 4.90 Å². The summed E-state index contributed by atoms with van der Waals surface area (Å²) in [6.07, 6.45) is 0.838. The van der Waals surface area contributed by atoms with E-state index >= 15 is 0 Å². The van der Waals surface area contributed by atoms with Gasteiger partial charge in [-0.1, -0.05) is 30.3 Å². The van der Waals surface area contributed by atoms with Crippen LogP contribution in [0.2, 0.25) is 0 Å². The number of likely N-dealkylation sites (tertiary alicyclic amines) is 1. The maximum absolute atomic E-state index is 12.3. The summed E-state index contributed by atoms with van der Waals surface area (Å²) in [5, 5.41) is 9.41. The van der Waals surface area contributed by atoms with E-state index in [1.54, 1.807) is 20.8 Å². The molecule has 1 N–H and O–H groups in total. The monoisotopic (exact) mass is 437 g/mol. The van der Waals surface area contributed by atoms with Gasteiger partial charge in [-0.25, -0.2) is 9.59 Å². The SMILES string of the molecule is CC(C)(C)OC(=O)N1C[C@H](OCCCOCCCOCc2ccccc2)C[C@H]1C(=O)O. The minimum absolute atomic E-state index is 0.214. The van der Waals surface area contributed by atoms with Gasteiger partial charge in [-0.15, -0.1) is 0 Å². The molecule has 1 aromatic carbocycles. The number of benzene rings is 1. The summed E-state index contributed by atoms with van der Waals surface area (Å²) >= 11 is 0. The van der Waals surface area contributed by atoms with Crippen LogP contribution in [-0.2, 0) is 30.3 Å². The highest BCUT2D eigenvalue weighted by Gasteiger charge is 2.42. The summed E-state index contributed by atoms with van der Waals surface area (Å²) in [4.78, 5) is 25.0. The molecular weight excluding hydrogens is 402 g/mol. The average molecular weight is 438 g/mol. The predicted octanol–water partition coefficient (Wildman–Crippen LogP) is 3.48. The standard InChI is InChI=1S/C23H35NO7/c1-23(2,3)31-22(27)24-16-19(15-20(24)21(25)26)30-14-8-12-28-11-7-13-29-17-18-9-5-4-6-10-18/h4-6,9-10,19-20H,7-8,11-17H2,1-3H3,(H,25,26)/t19-,20+/m1/s1. The number of rotatable bonds is 12. The quantitative estimate of drug-likeness (QED) is 0.500. The lowest BCUT2D eigenvalue weighted by molar-refractivity contribution is -0.142. The van der Waals surface area contributed by atoms with Crippen molar-refractivity contribution in [3.8, 4) is 0 Å². The summed E-state index contributed by atoms with van der Waals surface area (Å²) < 4.78 is 22.3. The number of carboxylic acid groups (broad SMARTS) is 1. The molecule has 1 aliphatic heterocycles. The van der Waals surface area contributed by atoms with Gasteiger partial charge < -0.3 is 24.1 Å². The third-order valence-corrected chi connectivity index (χ3v) is 4.65. The third-order valence-electron chi connectivity index (χ3n) is 4.65. The Hall–Kier alpha value is -2.16. The molecule has 174 valence electrons. The maximum atomic E-state index is 12.3. The van der Waals surface area contributed by atoms with Gasteiger partial charge in [-0.3, -0.25) is 4.90 Å². The van der Waals surface area contributed by atoms with Crippen LogP contribution in [0, 0.1) is 0 Å². The molecule has 2 atom stereocenters. The number of aliphatic carboxylic acids is 1. The summed E-state index contributed by atoms with van der Waals surface area (Å²) in [5.41, 5.74) is 0.478. The molecule has 0 bridgehead atoms. The molecule has 1 fully saturated rings. The fourth-order valence-corrected chi connectivity index (χ4v) is 3.21. The van der Waals surface area contributed by atoms with Crippen molar-refractivity contribution in [3.05, 3.63) is 35.9 Å². The molecule has 1 saturated heterocycles. The zero-order valence-electron chi connectivity index (χ0n) is 18.7. The lowest BCUT2D eigenvalue weighted by Crippen LogP contribution is -2.43. The van der Waals surface area contributed by atoms with Gasteiger partial charge in [-0.05, 0) is 39.2 Å². The van der Waals surface area contributed by atoms with Crippen molar-refractivity contribution >= 4 is 12.1 Å². The molecule has 0 aromatic heterocycles. The van der Waals surface area contributed by atoms with Crippen LogP contribution in [0.4, 0.5) is 4.79 Å². The maximum Gasteiger partial charge on any atom is 0.411 e. The fraction of sp³-hybridized carbons (Fsp3) is 0.652. The Kier molecular flexibility index (Phi) is 10.2. The first-order valence-corrected chi connectivity index (χ1v) is 10.8. The van der Waals surface area contributed by atoms with E-state index in [4.69, 9.17) is 18.9 Å². The topological polar surface area (TPSA) is 94.5 Å². The summed E-state index contributed by atoms with van der Waals surface area (Å²) in [6.45, 7) is 8.34. The Morgan fingerprint density at radius 2 is 1.68 bits per heavy atom. The molecule has 2 rings (SSSR count). The molecule has 1 aromatic rings. The number of ether oxygens (including phenoxy) is 4. The molecule has 0 saturated carbocycles. The average Bonchev–Trinajstić information content (AvgIpc) is 3.14. The van der Waals surface area contributed by atoms with Crippen LogP contribution < -0.4 is 0 Å². The zero-order valence-corrected chi connectivity index (χ0v) is 18.7. The molecule has 31 heavy (non-hydrogen) atoms. The van der Waals surface area contributed by atoms with Gasteiger partial charge in [0.15, 0.2) is 0 Å². The summed E-state index contributed by atoms with van der Waals surface area (Å²) in [7, 11) is 0. The number of hydrogen-bond acceptors (Lipinski definition) is 6. The fourth-order valence-electron chi connectivity index (χ4n) is 3.21. The first-order valence-electron chi connectivity index (χ1n) is 10.8. The van der Waals surface area contributed by atoms with Gasteiger partial charge in [0.25, 0.3) is 0 Å². The molecular formula is C23H35NO7. The van der Waals surface area contributed by atoms with Crippen LogP contribution >= 0.6 is 0 Å². The first-order chi connectivity index (χ1) is 14.8. The lowest BCUT2D eigenvalue weighted by Gasteiger charge is -2.26. The normalized spacial score (nSPS) is 18.9. The minimum Gasteiger partial charge on any atom is -0.480 e. The number of carboxylic acids is 1. The van der Waals surface area contributed by atoms with Gasteiger partial charge >= 0.3 is 12.1 Å². The van der Waals surface area contributed by atoms with Crippen LogP contribution in [0.1, 0.15) is 45.6 Å². The second-order valence-corrected chi connectivity index (χ2v) is 8.57. The van der Waals surface area contributed by atoms with Gasteiger partial charge in [0.1, 0.15) is 11.6 Å². The highest BCUT2D eigenvalue weighted by atomic mass is 16.6. The summed E-state index contributed by atoms with van der Waals surface area (Å²) in [5.74, 6) is -1.05. The number of carbonyl (C=O) groups is 2. The molecule has 0 aliphatic carbocycles. The zero-order chi connectivity index (χ0) is 22.7. The van der Waals surface area contributed by atoms with Crippen molar-refractivity contribution in [2.24, 2.45) is 0 Å². The van der Waals surface area contributed by atoms with Crippen LogP contribution in [-0.4, -0.2) is 72.8 Å². The second kappa shape index (κ2) is 12.6. The van der Waals surface area contributed by atoms with Crippen molar-refractivity contribution in [1.29, 1.82) is 0 Å². The Morgan fingerprint density at radius 1 is 1.03 bits per heavy atom. The first kappa shape index (κ1) is 25.1. The smallest absolute Gasteiger partial charge is 0.411 e. The summed E-state index contributed by atoms with van der Waals surface area (Å²) in [6, 6.07) is 9.11. The molecule has 1 heterocycles. The Bertz CT molecular complexity index is 674. The van der Waals surface area contributed by atoms with Crippen molar-refractivity contribution < 1.29 is 33.6 Å². The molecule has 1 amide bonds. The van der Waals surface area contributed by atoms with E-state index in [0.717, 1.165) is 12.0 Å². The van der Waals surface area contributed by atoms with Crippen molar-refractivity contribution in [2.45, 2.75) is 64.4 Å². The van der Waals surface area contributed by atoms with Crippen LogP contribution in [0.3, 0.4) is 0 Å². The number of carbonyl (C=O) groups excluding carboxylic acids is 1. The van der Waals surface area contributed by atoms with Gasteiger partial charge in [0.2, 0.25) is 0 Å². The lowest BCUT2D eigenvalue weighted by atomic mass is 10.2. The van der Waals surface area contributed by atoms with E-state index in [1.165, 1.54) is 4.90 Å². The largest absolute Gasteiger partial charge is 0.480 e. The Balaban J connectivity index is 1.53. The van der Waals surface area contributed by atoms with E-state index in [-0.39, 0.29) is 19.1 Å². The van der Waals surface area contributed by atoms with E-state index < -0.39 is 23.7 Å². The van der Waals surface area contributed by atoms with Crippen LogP contribution in [0.25, 0.3) is 0 Å². The van der Waals surface area contributed by atoms with Gasteiger partial charge in [0.05, 0.1) is 19.3 Å². The minimum atomic E-state index is -1.05. The predicted molar refractivity (Wildman–Crippen MR) is 115 cm³/mol. The van der Waals surface area contributed by atoms with Crippen molar-refractivity contribution in [3.63, 3.8) is 0 Å². The van der Waals surface area contributed by atoms with E-state index in [1.807, 2.05) is 30.3 Å².